The Balaban J connectivity index is 2.31. The number of likely N-dealkylation sites (N-methyl/N-ethyl adjacent to an activating group) is 1. The lowest BCUT2D eigenvalue weighted by atomic mass is 10.2. The van der Waals surface area contributed by atoms with Crippen LogP contribution in [0.15, 0.2) is 20.0 Å². The van der Waals surface area contributed by atoms with Gasteiger partial charge in [-0.2, -0.15) is 4.31 Å². The predicted octanol–water partition coefficient (Wildman–Crippen LogP) is 2.50. The van der Waals surface area contributed by atoms with Gasteiger partial charge in [0.2, 0.25) is 10.0 Å². The van der Waals surface area contributed by atoms with Gasteiger partial charge in [-0.1, -0.05) is 0 Å². The van der Waals surface area contributed by atoms with Crippen LogP contribution in [0.25, 0.3) is 0 Å². The lowest BCUT2D eigenvalue weighted by Gasteiger charge is -2.26. The minimum Gasteiger partial charge on any atom is -0.452 e. The highest BCUT2D eigenvalue weighted by molar-refractivity contribution is 9.10. The molecule has 1 aromatic heterocycles. The number of furan rings is 1. The molecule has 5 nitrogen and oxygen atoms in total. The second kappa shape index (κ2) is 6.36. The van der Waals surface area contributed by atoms with E-state index in [-0.39, 0.29) is 21.5 Å². The van der Waals surface area contributed by atoms with Crippen molar-refractivity contribution >= 4 is 37.6 Å². The largest absolute Gasteiger partial charge is 0.452 e. The monoisotopic (exact) mass is 384 g/mol. The van der Waals surface area contributed by atoms with E-state index in [4.69, 9.17) is 16.0 Å². The van der Waals surface area contributed by atoms with Crippen LogP contribution >= 0.6 is 27.5 Å². The fourth-order valence-corrected chi connectivity index (χ4v) is 5.27. The first kappa shape index (κ1) is 16.3. The number of nitrogens with zero attached hydrogens (tertiary/aromatic N) is 2. The summed E-state index contributed by atoms with van der Waals surface area (Å²) in [7, 11) is 0.348. The summed E-state index contributed by atoms with van der Waals surface area (Å²) in [4.78, 5) is 2.17. The predicted molar refractivity (Wildman–Crippen MR) is 81.4 cm³/mol. The van der Waals surface area contributed by atoms with E-state index in [2.05, 4.69) is 15.9 Å². The van der Waals surface area contributed by atoms with Crippen molar-refractivity contribution in [2.75, 3.05) is 27.2 Å². The van der Waals surface area contributed by atoms with Gasteiger partial charge in [-0.3, -0.25) is 0 Å². The topological polar surface area (TPSA) is 53.8 Å². The minimum atomic E-state index is -3.55. The van der Waals surface area contributed by atoms with E-state index in [1.807, 2.05) is 19.0 Å². The van der Waals surface area contributed by atoms with Crippen molar-refractivity contribution in [3.63, 3.8) is 0 Å². The number of rotatable bonds is 5. The molecule has 1 aromatic rings. The molecule has 1 unspecified atom stereocenters. The first-order valence-electron chi connectivity index (χ1n) is 6.37. The third-order valence-electron chi connectivity index (χ3n) is 3.32. The van der Waals surface area contributed by atoms with E-state index in [1.165, 1.54) is 6.07 Å². The number of halogens is 2. The second-order valence-electron chi connectivity index (χ2n) is 5.16. The molecule has 8 heteroatoms. The van der Waals surface area contributed by atoms with Crippen LogP contribution < -0.4 is 0 Å². The van der Waals surface area contributed by atoms with Crippen LogP contribution in [0.1, 0.15) is 18.6 Å². The Labute approximate surface area is 133 Å². The van der Waals surface area contributed by atoms with Gasteiger partial charge in [0, 0.05) is 25.2 Å². The molecule has 1 saturated heterocycles. The molecule has 1 fully saturated rings. The molecule has 1 aliphatic heterocycles. The van der Waals surface area contributed by atoms with Crippen LogP contribution in [0.4, 0.5) is 0 Å². The molecular weight excluding hydrogens is 368 g/mol. The zero-order valence-electron chi connectivity index (χ0n) is 11.5. The van der Waals surface area contributed by atoms with E-state index < -0.39 is 10.0 Å². The Morgan fingerprint density at radius 2 is 2.25 bits per heavy atom. The van der Waals surface area contributed by atoms with Gasteiger partial charge in [0.15, 0.2) is 4.67 Å². The van der Waals surface area contributed by atoms with Gasteiger partial charge in [0.1, 0.15) is 10.7 Å². The molecule has 0 aliphatic carbocycles. The maximum atomic E-state index is 12.8. The number of sulfonamides is 1. The van der Waals surface area contributed by atoms with Crippen LogP contribution in [0.5, 0.6) is 0 Å². The fourth-order valence-electron chi connectivity index (χ4n) is 2.50. The molecule has 114 valence electrons. The summed E-state index contributed by atoms with van der Waals surface area (Å²) >= 11 is 8.86. The van der Waals surface area contributed by atoms with Crippen LogP contribution in [0, 0.1) is 0 Å². The van der Waals surface area contributed by atoms with E-state index in [1.54, 1.807) is 4.31 Å². The molecule has 0 saturated carbocycles. The van der Waals surface area contributed by atoms with Crippen molar-refractivity contribution < 1.29 is 12.8 Å². The van der Waals surface area contributed by atoms with E-state index in [0.717, 1.165) is 19.4 Å². The number of alkyl halides is 1. The molecule has 2 heterocycles. The highest BCUT2D eigenvalue weighted by Gasteiger charge is 2.37. The Kier molecular flexibility index (Phi) is 5.18. The van der Waals surface area contributed by atoms with Gasteiger partial charge >= 0.3 is 0 Å². The van der Waals surface area contributed by atoms with Crippen LogP contribution in [0.2, 0.25) is 0 Å². The molecule has 0 amide bonds. The van der Waals surface area contributed by atoms with Crippen LogP contribution in [-0.4, -0.2) is 50.8 Å². The maximum Gasteiger partial charge on any atom is 0.247 e. The summed E-state index contributed by atoms with van der Waals surface area (Å²) in [5.41, 5.74) is 0. The van der Waals surface area contributed by atoms with Gasteiger partial charge < -0.3 is 9.32 Å². The van der Waals surface area contributed by atoms with Crippen molar-refractivity contribution in [3.8, 4) is 0 Å². The molecule has 1 aliphatic rings. The van der Waals surface area contributed by atoms with Gasteiger partial charge in [0.05, 0.1) is 5.88 Å². The third-order valence-corrected chi connectivity index (χ3v) is 6.40. The Hall–Kier alpha value is -0.0800. The first-order valence-corrected chi connectivity index (χ1v) is 9.13. The van der Waals surface area contributed by atoms with Gasteiger partial charge in [-0.15, -0.1) is 11.6 Å². The van der Waals surface area contributed by atoms with Gasteiger partial charge in [-0.05, 0) is 42.9 Å². The average molecular weight is 386 g/mol. The molecule has 0 N–H and O–H groups in total. The summed E-state index contributed by atoms with van der Waals surface area (Å²) in [6.07, 6.45) is 1.77. The molecule has 0 bridgehead atoms. The van der Waals surface area contributed by atoms with Crippen LogP contribution in [-0.2, 0) is 15.9 Å². The zero-order chi connectivity index (χ0) is 14.9. The quantitative estimate of drug-likeness (QED) is 0.731. The highest BCUT2D eigenvalue weighted by Crippen LogP contribution is 2.33. The van der Waals surface area contributed by atoms with Crippen molar-refractivity contribution in [1.29, 1.82) is 0 Å². The lowest BCUT2D eigenvalue weighted by Crippen LogP contribution is -2.41. The summed E-state index contributed by atoms with van der Waals surface area (Å²) < 4.78 is 32.6. The molecule has 2 rings (SSSR count). The van der Waals surface area contributed by atoms with Gasteiger partial charge in [0.25, 0.3) is 0 Å². The normalized spacial score (nSPS) is 20.9. The Morgan fingerprint density at radius 3 is 2.80 bits per heavy atom. The molecule has 20 heavy (non-hydrogen) atoms. The number of hydrogen-bond acceptors (Lipinski definition) is 4. The summed E-state index contributed by atoms with van der Waals surface area (Å²) in [6.45, 7) is 1.27. The lowest BCUT2D eigenvalue weighted by molar-refractivity contribution is 0.291. The van der Waals surface area contributed by atoms with Crippen molar-refractivity contribution in [1.82, 2.24) is 9.21 Å². The van der Waals surface area contributed by atoms with Crippen molar-refractivity contribution in [3.05, 3.63) is 16.5 Å². The smallest absolute Gasteiger partial charge is 0.247 e. The van der Waals surface area contributed by atoms with E-state index >= 15 is 0 Å². The molecule has 0 spiro atoms. The molecule has 0 radical (unpaired) electrons. The first-order chi connectivity index (χ1) is 9.36. The van der Waals surface area contributed by atoms with E-state index in [9.17, 15) is 8.42 Å². The maximum absolute atomic E-state index is 12.8. The molecular formula is C12H18BrClN2O3S. The summed E-state index contributed by atoms with van der Waals surface area (Å²) in [5, 5.41) is 0. The molecule has 0 aromatic carbocycles. The average Bonchev–Trinajstić information content (AvgIpc) is 2.95. The Morgan fingerprint density at radius 1 is 1.55 bits per heavy atom. The Bertz CT molecular complexity index is 573. The van der Waals surface area contributed by atoms with Crippen LogP contribution in [0.3, 0.4) is 0 Å². The van der Waals surface area contributed by atoms with Crippen molar-refractivity contribution in [2.45, 2.75) is 29.7 Å². The summed E-state index contributed by atoms with van der Waals surface area (Å²) in [5.74, 6) is 0.593. The summed E-state index contributed by atoms with van der Waals surface area (Å²) in [6, 6.07) is 1.51. The zero-order valence-corrected chi connectivity index (χ0v) is 14.6. The van der Waals surface area contributed by atoms with Gasteiger partial charge in [-0.25, -0.2) is 8.42 Å². The number of hydrogen-bond donors (Lipinski definition) is 0. The third kappa shape index (κ3) is 3.22. The fraction of sp³-hybridized carbons (Fsp3) is 0.667. The SMILES string of the molecule is CN(C)CC1CCCN1S(=O)(=O)c1cc(CCl)oc1Br. The van der Waals surface area contributed by atoms with E-state index in [0.29, 0.717) is 12.3 Å². The van der Waals surface area contributed by atoms with Crippen molar-refractivity contribution in [2.24, 2.45) is 0 Å². The second-order valence-corrected chi connectivity index (χ2v) is 8.00. The standard InChI is InChI=1S/C12H18BrClN2O3S/c1-15(2)8-9-4-3-5-16(9)20(17,18)11-6-10(7-14)19-12(11)13/h6,9H,3-5,7-8H2,1-2H3. The minimum absolute atomic E-state index is 0.0104. The molecule has 1 atom stereocenters. The highest BCUT2D eigenvalue weighted by atomic mass is 79.9.